The van der Waals surface area contributed by atoms with Gasteiger partial charge in [0.1, 0.15) is 17.1 Å². The van der Waals surface area contributed by atoms with E-state index in [0.717, 1.165) is 5.57 Å². The first-order chi connectivity index (χ1) is 14.5. The van der Waals surface area contributed by atoms with Crippen molar-refractivity contribution in [3.8, 4) is 0 Å². The molecule has 0 amide bonds. The fourth-order valence-electron chi connectivity index (χ4n) is 3.77. The molecule has 31 heavy (non-hydrogen) atoms. The predicted molar refractivity (Wildman–Crippen MR) is 112 cm³/mol. The Kier molecular flexibility index (Phi) is 7.62. The molecule has 8 heteroatoms. The van der Waals surface area contributed by atoms with Crippen molar-refractivity contribution in [3.05, 3.63) is 47.3 Å². The van der Waals surface area contributed by atoms with Crippen LogP contribution in [0.1, 0.15) is 39.5 Å². The van der Waals surface area contributed by atoms with Gasteiger partial charge in [-0.05, 0) is 38.3 Å². The van der Waals surface area contributed by atoms with E-state index in [1.54, 1.807) is 6.08 Å². The number of esters is 2. The molecule has 0 spiro atoms. The molecule has 0 unspecified atom stereocenters. The molecule has 8 nitrogen and oxygen atoms in total. The molecule has 2 aliphatic rings. The number of carbonyl (C=O) groups is 3. The van der Waals surface area contributed by atoms with Crippen LogP contribution in [0.25, 0.3) is 0 Å². The van der Waals surface area contributed by atoms with Gasteiger partial charge in [-0.15, -0.1) is 0 Å². The van der Waals surface area contributed by atoms with Gasteiger partial charge in [-0.25, -0.2) is 9.59 Å². The number of ether oxygens (including phenoxy) is 4. The summed E-state index contributed by atoms with van der Waals surface area (Å²) >= 11 is 0. The van der Waals surface area contributed by atoms with Crippen LogP contribution in [0.15, 0.2) is 47.3 Å². The topological polar surface area (TPSA) is 108 Å². The summed E-state index contributed by atoms with van der Waals surface area (Å²) in [5, 5.41) is 10.8. The average molecular weight is 434 g/mol. The maximum absolute atomic E-state index is 12.6. The Labute approximate surface area is 182 Å². The molecule has 3 atom stereocenters. The van der Waals surface area contributed by atoms with E-state index in [1.807, 2.05) is 6.92 Å². The molecule has 0 aromatic carbocycles. The Morgan fingerprint density at radius 2 is 1.87 bits per heavy atom. The fraction of sp³-hybridized carbons (Fsp3) is 0.522. The highest BCUT2D eigenvalue weighted by Gasteiger charge is 2.48. The summed E-state index contributed by atoms with van der Waals surface area (Å²) in [7, 11) is 3.90. The average Bonchev–Trinajstić information content (AvgIpc) is 3.05. The SMILES string of the molecule is C=C(C)[C@H]1C/C=C(/C(=O)OC)CC(=O)C[C@@](C)(O)/C=C2/C=C(C(=O)OC)[C@@](OC)(C1)O2. The highest BCUT2D eigenvalue weighted by atomic mass is 16.7. The van der Waals surface area contributed by atoms with Gasteiger partial charge in [-0.1, -0.05) is 18.2 Å². The van der Waals surface area contributed by atoms with Crippen molar-refractivity contribution < 1.29 is 38.4 Å². The smallest absolute Gasteiger partial charge is 0.340 e. The van der Waals surface area contributed by atoms with Crippen LogP contribution in [-0.4, -0.2) is 55.5 Å². The molecular formula is C23H30O8. The van der Waals surface area contributed by atoms with Gasteiger partial charge >= 0.3 is 11.9 Å². The van der Waals surface area contributed by atoms with E-state index in [-0.39, 0.29) is 47.9 Å². The Balaban J connectivity index is 2.63. The zero-order valence-corrected chi connectivity index (χ0v) is 18.6. The summed E-state index contributed by atoms with van der Waals surface area (Å²) in [5.74, 6) is -3.16. The molecule has 2 bridgehead atoms. The van der Waals surface area contributed by atoms with Gasteiger partial charge in [-0.2, -0.15) is 0 Å². The fourth-order valence-corrected chi connectivity index (χ4v) is 3.77. The Bertz CT molecular complexity index is 861. The molecule has 0 saturated carbocycles. The first kappa shape index (κ1) is 24.6. The van der Waals surface area contributed by atoms with E-state index < -0.39 is 23.3 Å². The quantitative estimate of drug-likeness (QED) is 0.531. The van der Waals surface area contributed by atoms with Crippen molar-refractivity contribution >= 4 is 17.7 Å². The minimum absolute atomic E-state index is 0.131. The van der Waals surface area contributed by atoms with Crippen molar-refractivity contribution in [1.82, 2.24) is 0 Å². The van der Waals surface area contributed by atoms with Gasteiger partial charge in [0.05, 0.1) is 19.8 Å². The minimum Gasteiger partial charge on any atom is -0.466 e. The first-order valence-corrected chi connectivity index (χ1v) is 9.91. The lowest BCUT2D eigenvalue weighted by Crippen LogP contribution is -2.39. The van der Waals surface area contributed by atoms with Gasteiger partial charge in [0.15, 0.2) is 0 Å². The number of allylic oxidation sites excluding steroid dienone is 3. The van der Waals surface area contributed by atoms with E-state index in [4.69, 9.17) is 18.9 Å². The summed E-state index contributed by atoms with van der Waals surface area (Å²) in [4.78, 5) is 37.3. The van der Waals surface area contributed by atoms with Crippen LogP contribution < -0.4 is 0 Å². The van der Waals surface area contributed by atoms with Crippen molar-refractivity contribution in [2.45, 2.75) is 50.9 Å². The summed E-state index contributed by atoms with van der Waals surface area (Å²) in [6.45, 7) is 7.28. The van der Waals surface area contributed by atoms with Crippen LogP contribution in [0.4, 0.5) is 0 Å². The van der Waals surface area contributed by atoms with Crippen LogP contribution >= 0.6 is 0 Å². The third kappa shape index (κ3) is 5.71. The number of carbonyl (C=O) groups excluding carboxylic acids is 3. The van der Waals surface area contributed by atoms with Crippen LogP contribution in [0, 0.1) is 5.92 Å². The van der Waals surface area contributed by atoms with Gasteiger partial charge in [-0.3, -0.25) is 4.79 Å². The van der Waals surface area contributed by atoms with Crippen molar-refractivity contribution in [1.29, 1.82) is 0 Å². The monoisotopic (exact) mass is 434 g/mol. The normalized spacial score (nSPS) is 32.5. The van der Waals surface area contributed by atoms with Crippen molar-refractivity contribution in [2.75, 3.05) is 21.3 Å². The molecule has 2 aliphatic heterocycles. The zero-order valence-electron chi connectivity index (χ0n) is 18.6. The van der Waals surface area contributed by atoms with Crippen LogP contribution in [0.3, 0.4) is 0 Å². The lowest BCUT2D eigenvalue weighted by atomic mass is 9.86. The zero-order chi connectivity index (χ0) is 23.4. The van der Waals surface area contributed by atoms with Crippen molar-refractivity contribution in [3.63, 3.8) is 0 Å². The number of hydrogen-bond acceptors (Lipinski definition) is 8. The molecular weight excluding hydrogens is 404 g/mol. The number of Topliss-reactive ketones (excluding diaryl/α,β-unsaturated/α-hetero) is 1. The summed E-state index contributed by atoms with van der Waals surface area (Å²) in [6.07, 6.45) is 4.52. The van der Waals surface area contributed by atoms with E-state index in [0.29, 0.717) is 6.42 Å². The lowest BCUT2D eigenvalue weighted by molar-refractivity contribution is -0.178. The number of methoxy groups -OCH3 is 3. The molecule has 2 heterocycles. The Hall–Kier alpha value is -2.71. The summed E-state index contributed by atoms with van der Waals surface area (Å²) < 4.78 is 21.4. The molecule has 1 N–H and O–H groups in total. The second-order valence-electron chi connectivity index (χ2n) is 8.11. The third-order valence-electron chi connectivity index (χ3n) is 5.42. The first-order valence-electron chi connectivity index (χ1n) is 9.91. The highest BCUT2D eigenvalue weighted by Crippen LogP contribution is 2.42. The molecule has 0 fully saturated rings. The Morgan fingerprint density at radius 3 is 2.42 bits per heavy atom. The van der Waals surface area contributed by atoms with Gasteiger partial charge in [0, 0.05) is 31.9 Å². The minimum atomic E-state index is -1.59. The number of fused-ring (bicyclic) bond motifs is 2. The molecule has 0 saturated heterocycles. The molecule has 2 rings (SSSR count). The van der Waals surface area contributed by atoms with Crippen LogP contribution in [0.2, 0.25) is 0 Å². The standard InChI is InChI=1S/C23H30O8/c1-14(2)16-8-7-15(20(25)28-4)9-17(24)12-22(3,27)13-18-10-19(21(26)29-5)23(11-16,30-6)31-18/h7,10,13,16,27H,1,8-9,11-12H2,2-6H3/b15-7+,18-13-/t16-,22+,23+/m0/s1. The third-order valence-corrected chi connectivity index (χ3v) is 5.42. The van der Waals surface area contributed by atoms with E-state index in [2.05, 4.69) is 6.58 Å². The molecule has 0 aromatic rings. The maximum Gasteiger partial charge on any atom is 0.340 e. The largest absolute Gasteiger partial charge is 0.466 e. The van der Waals surface area contributed by atoms with Crippen LogP contribution in [-0.2, 0) is 33.3 Å². The van der Waals surface area contributed by atoms with Gasteiger partial charge < -0.3 is 24.1 Å². The number of aliphatic hydroxyl groups is 1. The van der Waals surface area contributed by atoms with Gasteiger partial charge in [0.2, 0.25) is 5.79 Å². The number of rotatable bonds is 4. The van der Waals surface area contributed by atoms with E-state index in [9.17, 15) is 19.5 Å². The van der Waals surface area contributed by atoms with E-state index in [1.165, 1.54) is 40.4 Å². The highest BCUT2D eigenvalue weighted by molar-refractivity contribution is 5.96. The molecule has 0 aromatic heterocycles. The number of ketones is 1. The van der Waals surface area contributed by atoms with Crippen LogP contribution in [0.5, 0.6) is 0 Å². The summed E-state index contributed by atoms with van der Waals surface area (Å²) in [5.41, 5.74) is -0.485. The lowest BCUT2D eigenvalue weighted by Gasteiger charge is -2.33. The molecule has 170 valence electrons. The van der Waals surface area contributed by atoms with Crippen molar-refractivity contribution in [2.24, 2.45) is 5.92 Å². The second kappa shape index (κ2) is 9.62. The number of hydrogen-bond donors (Lipinski definition) is 1. The molecule has 0 radical (unpaired) electrons. The molecule has 0 aliphatic carbocycles. The van der Waals surface area contributed by atoms with E-state index >= 15 is 0 Å². The Morgan fingerprint density at radius 1 is 1.23 bits per heavy atom. The van der Waals surface area contributed by atoms with Gasteiger partial charge in [0.25, 0.3) is 0 Å². The second-order valence-corrected chi connectivity index (χ2v) is 8.11. The maximum atomic E-state index is 12.6. The predicted octanol–water partition coefficient (Wildman–Crippen LogP) is 2.53. The summed E-state index contributed by atoms with van der Waals surface area (Å²) in [6, 6.07) is 0.